The molecule has 5 heteroatoms. The maximum absolute atomic E-state index is 11.2. The van der Waals surface area contributed by atoms with Gasteiger partial charge >= 0.3 is 0 Å². The molecule has 0 saturated carbocycles. The standard InChI is InChI=1S/C16H21N3O2/c1-5-10-21-14-9-7-6-8-13(14)19-15(16(2,3)4)12(11-20)17-18-19/h6-9,11H,5,10H2,1-4H3. The quantitative estimate of drug-likeness (QED) is 0.793. The van der Waals surface area contributed by atoms with E-state index in [0.717, 1.165) is 29.8 Å². The smallest absolute Gasteiger partial charge is 0.172 e. The van der Waals surface area contributed by atoms with Gasteiger partial charge in [0.15, 0.2) is 6.29 Å². The van der Waals surface area contributed by atoms with E-state index in [0.29, 0.717) is 12.3 Å². The number of ether oxygens (including phenoxy) is 1. The summed E-state index contributed by atoms with van der Waals surface area (Å²) in [5.41, 5.74) is 1.70. The maximum atomic E-state index is 11.2. The summed E-state index contributed by atoms with van der Waals surface area (Å²) in [5, 5.41) is 8.14. The summed E-state index contributed by atoms with van der Waals surface area (Å²) in [7, 11) is 0. The SMILES string of the molecule is CCCOc1ccccc1-n1nnc(C=O)c1C(C)(C)C. The Morgan fingerprint density at radius 3 is 2.62 bits per heavy atom. The van der Waals surface area contributed by atoms with Crippen molar-refractivity contribution in [1.29, 1.82) is 0 Å². The average molecular weight is 287 g/mol. The van der Waals surface area contributed by atoms with Gasteiger partial charge in [0.1, 0.15) is 17.1 Å². The summed E-state index contributed by atoms with van der Waals surface area (Å²) >= 11 is 0. The Morgan fingerprint density at radius 2 is 2.00 bits per heavy atom. The van der Waals surface area contributed by atoms with Crippen molar-refractivity contribution in [2.45, 2.75) is 39.5 Å². The van der Waals surface area contributed by atoms with E-state index in [4.69, 9.17) is 4.74 Å². The molecule has 0 bridgehead atoms. The number of carbonyl (C=O) groups is 1. The molecule has 1 aromatic heterocycles. The van der Waals surface area contributed by atoms with Crippen LogP contribution in [-0.2, 0) is 5.41 Å². The third-order valence-electron chi connectivity index (χ3n) is 3.07. The largest absolute Gasteiger partial charge is 0.491 e. The first-order chi connectivity index (χ1) is 9.99. The summed E-state index contributed by atoms with van der Waals surface area (Å²) in [6.45, 7) is 8.79. The number of aromatic nitrogens is 3. The lowest BCUT2D eigenvalue weighted by Gasteiger charge is -2.21. The number of hydrogen-bond donors (Lipinski definition) is 0. The fraction of sp³-hybridized carbons (Fsp3) is 0.438. The van der Waals surface area contributed by atoms with Gasteiger partial charge in [-0.3, -0.25) is 4.79 Å². The van der Waals surface area contributed by atoms with Crippen LogP contribution in [0.1, 0.15) is 50.3 Å². The van der Waals surface area contributed by atoms with Gasteiger partial charge in [-0.15, -0.1) is 5.10 Å². The number of benzene rings is 1. The molecule has 0 radical (unpaired) electrons. The van der Waals surface area contributed by atoms with E-state index in [-0.39, 0.29) is 5.41 Å². The second-order valence-electron chi connectivity index (χ2n) is 5.92. The van der Waals surface area contributed by atoms with E-state index in [1.165, 1.54) is 0 Å². The lowest BCUT2D eigenvalue weighted by molar-refractivity contribution is 0.111. The predicted molar refractivity (Wildman–Crippen MR) is 81.2 cm³/mol. The van der Waals surface area contributed by atoms with Crippen molar-refractivity contribution in [2.24, 2.45) is 0 Å². The van der Waals surface area contributed by atoms with Crippen LogP contribution in [0.15, 0.2) is 24.3 Å². The molecule has 0 aliphatic rings. The van der Waals surface area contributed by atoms with Crippen LogP contribution in [-0.4, -0.2) is 27.9 Å². The van der Waals surface area contributed by atoms with Crippen molar-refractivity contribution in [3.8, 4) is 11.4 Å². The van der Waals surface area contributed by atoms with Gasteiger partial charge in [0.05, 0.1) is 12.3 Å². The molecular formula is C16H21N3O2. The van der Waals surface area contributed by atoms with Gasteiger partial charge in [-0.05, 0) is 18.6 Å². The van der Waals surface area contributed by atoms with Crippen molar-refractivity contribution < 1.29 is 9.53 Å². The Balaban J connectivity index is 2.57. The second kappa shape index (κ2) is 6.08. The molecular weight excluding hydrogens is 266 g/mol. The van der Waals surface area contributed by atoms with Crippen LogP contribution < -0.4 is 4.74 Å². The minimum Gasteiger partial charge on any atom is -0.491 e. The zero-order valence-electron chi connectivity index (χ0n) is 13.0. The minimum absolute atomic E-state index is 0.252. The normalized spacial score (nSPS) is 11.4. The van der Waals surface area contributed by atoms with E-state index >= 15 is 0 Å². The summed E-state index contributed by atoms with van der Waals surface area (Å²) in [4.78, 5) is 11.2. The van der Waals surface area contributed by atoms with Gasteiger partial charge in [0.25, 0.3) is 0 Å². The van der Waals surface area contributed by atoms with E-state index in [9.17, 15) is 4.79 Å². The molecule has 0 spiro atoms. The summed E-state index contributed by atoms with van der Waals surface area (Å²) in [6, 6.07) is 7.66. The first-order valence-corrected chi connectivity index (χ1v) is 7.12. The van der Waals surface area contributed by atoms with Crippen molar-refractivity contribution in [3.05, 3.63) is 35.7 Å². The van der Waals surface area contributed by atoms with Crippen molar-refractivity contribution >= 4 is 6.29 Å². The molecule has 0 aliphatic carbocycles. The van der Waals surface area contributed by atoms with Gasteiger partial charge in [-0.2, -0.15) is 0 Å². The number of nitrogens with zero attached hydrogens (tertiary/aromatic N) is 3. The third kappa shape index (κ3) is 3.12. The van der Waals surface area contributed by atoms with E-state index < -0.39 is 0 Å². The van der Waals surface area contributed by atoms with Crippen LogP contribution in [0.5, 0.6) is 5.75 Å². The average Bonchev–Trinajstić information content (AvgIpc) is 2.89. The van der Waals surface area contributed by atoms with Gasteiger partial charge in [0.2, 0.25) is 0 Å². The molecule has 112 valence electrons. The van der Waals surface area contributed by atoms with Crippen LogP contribution in [0.4, 0.5) is 0 Å². The molecule has 5 nitrogen and oxygen atoms in total. The topological polar surface area (TPSA) is 57.0 Å². The molecule has 0 unspecified atom stereocenters. The highest BCUT2D eigenvalue weighted by Gasteiger charge is 2.26. The molecule has 1 heterocycles. The highest BCUT2D eigenvalue weighted by atomic mass is 16.5. The van der Waals surface area contributed by atoms with Crippen LogP contribution in [0.3, 0.4) is 0 Å². The number of hydrogen-bond acceptors (Lipinski definition) is 4. The molecule has 21 heavy (non-hydrogen) atoms. The molecule has 2 rings (SSSR count). The second-order valence-corrected chi connectivity index (χ2v) is 5.92. The zero-order chi connectivity index (χ0) is 15.5. The van der Waals surface area contributed by atoms with Gasteiger partial charge in [-0.25, -0.2) is 4.68 Å². The Morgan fingerprint density at radius 1 is 1.29 bits per heavy atom. The molecule has 0 fully saturated rings. The summed E-state index contributed by atoms with van der Waals surface area (Å²) < 4.78 is 7.48. The highest BCUT2D eigenvalue weighted by Crippen LogP contribution is 2.30. The number of para-hydroxylation sites is 2. The molecule has 0 aliphatic heterocycles. The lowest BCUT2D eigenvalue weighted by Crippen LogP contribution is -2.20. The van der Waals surface area contributed by atoms with Crippen LogP contribution in [0.2, 0.25) is 0 Å². The Hall–Kier alpha value is -2.17. The monoisotopic (exact) mass is 287 g/mol. The van der Waals surface area contributed by atoms with Crippen LogP contribution in [0.25, 0.3) is 5.69 Å². The predicted octanol–water partition coefficient (Wildman–Crippen LogP) is 3.17. The lowest BCUT2D eigenvalue weighted by atomic mass is 9.90. The number of aldehydes is 1. The van der Waals surface area contributed by atoms with E-state index in [1.54, 1.807) is 4.68 Å². The molecule has 0 N–H and O–H groups in total. The number of carbonyl (C=O) groups excluding carboxylic acids is 1. The molecule has 0 amide bonds. The van der Waals surface area contributed by atoms with Gasteiger partial charge in [-0.1, -0.05) is 45.0 Å². The molecule has 0 saturated heterocycles. The fourth-order valence-electron chi connectivity index (χ4n) is 2.21. The van der Waals surface area contributed by atoms with E-state index in [1.807, 2.05) is 45.0 Å². The molecule has 1 aromatic carbocycles. The van der Waals surface area contributed by atoms with Crippen molar-refractivity contribution in [2.75, 3.05) is 6.61 Å². The summed E-state index contributed by atoms with van der Waals surface area (Å²) in [6.07, 6.45) is 1.68. The first kappa shape index (κ1) is 15.2. The maximum Gasteiger partial charge on any atom is 0.172 e. The Bertz CT molecular complexity index is 627. The van der Waals surface area contributed by atoms with Crippen molar-refractivity contribution in [1.82, 2.24) is 15.0 Å². The minimum atomic E-state index is -0.252. The highest BCUT2D eigenvalue weighted by molar-refractivity contribution is 5.74. The van der Waals surface area contributed by atoms with Crippen molar-refractivity contribution in [3.63, 3.8) is 0 Å². The van der Waals surface area contributed by atoms with Gasteiger partial charge in [0, 0.05) is 5.41 Å². The summed E-state index contributed by atoms with van der Waals surface area (Å²) in [5.74, 6) is 0.743. The molecule has 2 aromatic rings. The fourth-order valence-corrected chi connectivity index (χ4v) is 2.21. The Kier molecular flexibility index (Phi) is 4.40. The Labute approximate surface area is 124 Å². The van der Waals surface area contributed by atoms with Crippen LogP contribution in [0, 0.1) is 0 Å². The number of rotatable bonds is 5. The first-order valence-electron chi connectivity index (χ1n) is 7.12. The van der Waals surface area contributed by atoms with Gasteiger partial charge < -0.3 is 4.74 Å². The third-order valence-corrected chi connectivity index (χ3v) is 3.07. The molecule has 0 atom stereocenters. The van der Waals surface area contributed by atoms with Crippen LogP contribution >= 0.6 is 0 Å². The zero-order valence-corrected chi connectivity index (χ0v) is 13.0. The van der Waals surface area contributed by atoms with E-state index in [2.05, 4.69) is 17.2 Å².